The highest BCUT2D eigenvalue weighted by molar-refractivity contribution is 5.67. The molecule has 3 aromatic rings. The van der Waals surface area contributed by atoms with Crippen LogP contribution in [0.4, 0.5) is 21.8 Å². The van der Waals surface area contributed by atoms with E-state index in [1.54, 1.807) is 6.07 Å². The molecule has 0 amide bonds. The first-order valence-electron chi connectivity index (χ1n) is 14.1. The fraction of sp³-hybridized carbons (Fsp3) is 0.484. The number of benzene rings is 2. The van der Waals surface area contributed by atoms with Gasteiger partial charge in [0.05, 0.1) is 12.8 Å². The van der Waals surface area contributed by atoms with E-state index < -0.39 is 11.6 Å². The van der Waals surface area contributed by atoms with Gasteiger partial charge in [-0.15, -0.1) is 0 Å². The predicted octanol–water partition coefficient (Wildman–Crippen LogP) is 6.05. The summed E-state index contributed by atoms with van der Waals surface area (Å²) in [5.41, 5.74) is 5.65. The number of nitrogens with one attached hydrogen (secondary N) is 2. The van der Waals surface area contributed by atoms with Crippen LogP contribution in [0.2, 0.25) is 0 Å². The fourth-order valence-corrected chi connectivity index (χ4v) is 5.97. The first-order valence-corrected chi connectivity index (χ1v) is 14.1. The molecule has 1 heterocycles. The number of methoxy groups -OCH3 is 1. The van der Waals surface area contributed by atoms with Crippen LogP contribution < -0.4 is 20.3 Å². The standard InChI is InChI=1S/C31H40FN5O2/c1-20-8-4-7-11-27(20)37(2)30-24-9-5-6-10-26(24)35-31(36-30)34-23-14-12-21(13-15-23)18-33-19-22-16-25(32)29(38)28(17-22)39-3/h4,7-8,11,16-17,21,23,33,38H,5-6,9-10,12-15,18-19H2,1-3H3,(H,34,35,36). The van der Waals surface area contributed by atoms with E-state index in [1.165, 1.54) is 48.5 Å². The van der Waals surface area contributed by atoms with E-state index in [1.807, 2.05) is 0 Å². The van der Waals surface area contributed by atoms with Gasteiger partial charge in [-0.3, -0.25) is 0 Å². The average Bonchev–Trinajstić information content (AvgIpc) is 2.95. The lowest BCUT2D eigenvalue weighted by Crippen LogP contribution is -2.32. The second-order valence-electron chi connectivity index (χ2n) is 11.0. The zero-order valence-corrected chi connectivity index (χ0v) is 23.3. The third-order valence-corrected chi connectivity index (χ3v) is 8.21. The third-order valence-electron chi connectivity index (χ3n) is 8.21. The number of para-hydroxylation sites is 1. The lowest BCUT2D eigenvalue weighted by Gasteiger charge is -2.31. The van der Waals surface area contributed by atoms with Gasteiger partial charge in [0.2, 0.25) is 5.95 Å². The highest BCUT2D eigenvalue weighted by atomic mass is 19.1. The molecule has 0 aliphatic heterocycles. The van der Waals surface area contributed by atoms with Crippen molar-refractivity contribution in [1.29, 1.82) is 0 Å². The monoisotopic (exact) mass is 533 g/mol. The summed E-state index contributed by atoms with van der Waals surface area (Å²) in [7, 11) is 3.54. The smallest absolute Gasteiger partial charge is 0.225 e. The molecule has 2 aliphatic rings. The third kappa shape index (κ3) is 6.27. The fourth-order valence-electron chi connectivity index (χ4n) is 5.97. The SMILES string of the molecule is COc1cc(CNCC2CCC(Nc3nc4c(c(N(C)c5ccccc5C)n3)CCCC4)CC2)cc(F)c1O. The Morgan fingerprint density at radius 2 is 1.85 bits per heavy atom. The van der Waals surface area contributed by atoms with Crippen LogP contribution in [0.1, 0.15) is 60.9 Å². The molecule has 0 unspecified atom stereocenters. The van der Waals surface area contributed by atoms with Gasteiger partial charge in [-0.1, -0.05) is 18.2 Å². The van der Waals surface area contributed by atoms with Crippen LogP contribution in [0.5, 0.6) is 11.5 Å². The summed E-state index contributed by atoms with van der Waals surface area (Å²) in [5, 5.41) is 16.8. The number of hydrogen-bond donors (Lipinski definition) is 3. The summed E-state index contributed by atoms with van der Waals surface area (Å²) in [4.78, 5) is 12.3. The summed E-state index contributed by atoms with van der Waals surface area (Å²) in [6, 6.07) is 11.8. The Hall–Kier alpha value is -3.39. The van der Waals surface area contributed by atoms with Crippen molar-refractivity contribution in [3.8, 4) is 11.5 Å². The molecule has 0 radical (unpaired) electrons. The van der Waals surface area contributed by atoms with Gasteiger partial charge in [-0.05, 0) is 100 Å². The van der Waals surface area contributed by atoms with Crippen LogP contribution in [0.25, 0.3) is 0 Å². The van der Waals surface area contributed by atoms with Crippen LogP contribution in [0.15, 0.2) is 36.4 Å². The molecule has 5 rings (SSSR count). The molecule has 1 saturated carbocycles. The lowest BCUT2D eigenvalue weighted by molar-refractivity contribution is 0.323. The maximum atomic E-state index is 13.9. The number of halogens is 1. The molecule has 39 heavy (non-hydrogen) atoms. The zero-order chi connectivity index (χ0) is 27.4. The van der Waals surface area contributed by atoms with Gasteiger partial charge < -0.3 is 25.4 Å². The van der Waals surface area contributed by atoms with Crippen molar-refractivity contribution in [3.63, 3.8) is 0 Å². The summed E-state index contributed by atoms with van der Waals surface area (Å²) in [6.45, 7) is 3.55. The van der Waals surface area contributed by atoms with Gasteiger partial charge in [-0.25, -0.2) is 9.37 Å². The van der Waals surface area contributed by atoms with E-state index in [4.69, 9.17) is 14.7 Å². The molecule has 1 fully saturated rings. The Balaban J connectivity index is 1.19. The molecule has 1 aromatic heterocycles. The van der Waals surface area contributed by atoms with E-state index in [2.05, 4.69) is 53.8 Å². The highest BCUT2D eigenvalue weighted by Crippen LogP contribution is 2.35. The number of rotatable bonds is 9. The molecule has 0 spiro atoms. The highest BCUT2D eigenvalue weighted by Gasteiger charge is 2.25. The molecular formula is C31H40FN5O2. The maximum absolute atomic E-state index is 13.9. The Labute approximate surface area is 230 Å². The van der Waals surface area contributed by atoms with Crippen LogP contribution in [-0.2, 0) is 19.4 Å². The van der Waals surface area contributed by atoms with Gasteiger partial charge in [0.1, 0.15) is 5.82 Å². The number of aryl methyl sites for hydroxylation is 2. The van der Waals surface area contributed by atoms with Crippen molar-refractivity contribution in [2.45, 2.75) is 70.9 Å². The molecule has 0 atom stereocenters. The summed E-state index contributed by atoms with van der Waals surface area (Å²) >= 11 is 0. The van der Waals surface area contributed by atoms with E-state index in [9.17, 15) is 9.50 Å². The van der Waals surface area contributed by atoms with E-state index in [-0.39, 0.29) is 5.75 Å². The van der Waals surface area contributed by atoms with Crippen LogP contribution >= 0.6 is 0 Å². The van der Waals surface area contributed by atoms with Crippen molar-refractivity contribution in [2.24, 2.45) is 5.92 Å². The predicted molar refractivity (Wildman–Crippen MR) is 154 cm³/mol. The summed E-state index contributed by atoms with van der Waals surface area (Å²) in [6.07, 6.45) is 8.76. The zero-order valence-electron chi connectivity index (χ0n) is 23.3. The number of hydrogen-bond acceptors (Lipinski definition) is 7. The van der Waals surface area contributed by atoms with Gasteiger partial charge in [0.25, 0.3) is 0 Å². The molecule has 8 heteroatoms. The first kappa shape index (κ1) is 27.2. The maximum Gasteiger partial charge on any atom is 0.225 e. The van der Waals surface area contributed by atoms with Gasteiger partial charge in [-0.2, -0.15) is 4.98 Å². The first-order chi connectivity index (χ1) is 18.9. The quantitative estimate of drug-likeness (QED) is 0.309. The van der Waals surface area contributed by atoms with Crippen molar-refractivity contribution in [3.05, 3.63) is 64.6 Å². The van der Waals surface area contributed by atoms with Crippen molar-refractivity contribution in [1.82, 2.24) is 15.3 Å². The van der Waals surface area contributed by atoms with Crippen LogP contribution in [0, 0.1) is 18.7 Å². The Morgan fingerprint density at radius 1 is 1.08 bits per heavy atom. The molecule has 3 N–H and O–H groups in total. The Bertz CT molecular complexity index is 1290. The molecule has 0 bridgehead atoms. The lowest BCUT2D eigenvalue weighted by atomic mass is 9.86. The van der Waals surface area contributed by atoms with Crippen LogP contribution in [-0.4, -0.2) is 41.8 Å². The molecular weight excluding hydrogens is 493 g/mol. The Morgan fingerprint density at radius 3 is 2.62 bits per heavy atom. The number of nitrogens with zero attached hydrogens (tertiary/aromatic N) is 3. The number of phenolic OH excluding ortho intramolecular Hbond substituents is 1. The van der Waals surface area contributed by atoms with Crippen molar-refractivity contribution < 1.29 is 14.2 Å². The number of aromatic hydroxyl groups is 1. The number of phenols is 1. The number of fused-ring (bicyclic) bond motifs is 1. The van der Waals surface area contributed by atoms with Gasteiger partial charge in [0.15, 0.2) is 17.3 Å². The summed E-state index contributed by atoms with van der Waals surface area (Å²) < 4.78 is 19.0. The van der Waals surface area contributed by atoms with E-state index >= 15 is 0 Å². The van der Waals surface area contributed by atoms with E-state index in [0.717, 1.165) is 62.4 Å². The Kier molecular flexibility index (Phi) is 8.50. The largest absolute Gasteiger partial charge is 0.502 e. The molecule has 0 saturated heterocycles. The second-order valence-corrected chi connectivity index (χ2v) is 11.0. The second kappa shape index (κ2) is 12.2. The van der Waals surface area contributed by atoms with Crippen molar-refractivity contribution in [2.75, 3.05) is 30.9 Å². The minimum Gasteiger partial charge on any atom is -0.502 e. The topological polar surface area (TPSA) is 82.5 Å². The van der Waals surface area contributed by atoms with E-state index in [0.29, 0.717) is 18.5 Å². The van der Waals surface area contributed by atoms with Crippen molar-refractivity contribution >= 4 is 17.5 Å². The molecule has 7 nitrogen and oxygen atoms in total. The average molecular weight is 534 g/mol. The minimum atomic E-state index is -0.657. The molecule has 208 valence electrons. The number of ether oxygens (including phenoxy) is 1. The summed E-state index contributed by atoms with van der Waals surface area (Å²) in [5.74, 6) is 1.40. The van der Waals surface area contributed by atoms with Gasteiger partial charge >= 0.3 is 0 Å². The molecule has 2 aromatic carbocycles. The van der Waals surface area contributed by atoms with Gasteiger partial charge in [0, 0.05) is 30.9 Å². The van der Waals surface area contributed by atoms with Crippen LogP contribution in [0.3, 0.4) is 0 Å². The number of aromatic nitrogens is 2. The normalized spacial score (nSPS) is 18.9. The number of anilines is 3. The molecule has 2 aliphatic carbocycles. The minimum absolute atomic E-state index is 0.163.